The molecule has 3 heterocycles. The molecule has 3 aromatic heterocycles. The molecule has 0 spiro atoms. The molecule has 0 aliphatic heterocycles. The highest BCUT2D eigenvalue weighted by Crippen LogP contribution is 2.18. The Hall–Kier alpha value is -2.23. The molecule has 0 N–H and O–H groups in total. The van der Waals surface area contributed by atoms with Gasteiger partial charge >= 0.3 is 0 Å². The first kappa shape index (κ1) is 8.11. The Labute approximate surface area is 86.3 Å². The number of hydrogen-bond donors (Lipinski definition) is 0. The van der Waals surface area contributed by atoms with Crippen molar-refractivity contribution < 1.29 is 0 Å². The minimum atomic E-state index is 0.844. The predicted molar refractivity (Wildman–Crippen MR) is 56.2 cm³/mol. The third-order valence-corrected chi connectivity index (χ3v) is 2.27. The van der Waals surface area contributed by atoms with Gasteiger partial charge in [-0.05, 0) is 12.1 Å². The van der Waals surface area contributed by atoms with Gasteiger partial charge in [0.2, 0.25) is 0 Å². The number of imidazole rings is 1. The average molecular weight is 196 g/mol. The van der Waals surface area contributed by atoms with Crippen LogP contribution in [0.25, 0.3) is 16.9 Å². The topological polar surface area (TPSA) is 43.1 Å². The number of hydrogen-bond acceptors (Lipinski definition) is 3. The lowest BCUT2D eigenvalue weighted by Gasteiger charge is -1.99. The van der Waals surface area contributed by atoms with Crippen LogP contribution in [0.3, 0.4) is 0 Å². The summed E-state index contributed by atoms with van der Waals surface area (Å²) in [4.78, 5) is 12.4. The van der Waals surface area contributed by atoms with E-state index in [-0.39, 0.29) is 0 Å². The third-order valence-electron chi connectivity index (χ3n) is 2.27. The quantitative estimate of drug-likeness (QED) is 0.596. The van der Waals surface area contributed by atoms with Crippen molar-refractivity contribution in [3.63, 3.8) is 0 Å². The van der Waals surface area contributed by atoms with Crippen LogP contribution in [0.2, 0.25) is 0 Å². The largest absolute Gasteiger partial charge is 0.297 e. The molecule has 0 radical (unpaired) electrons. The molecule has 15 heavy (non-hydrogen) atoms. The first-order valence-corrected chi connectivity index (χ1v) is 4.62. The average Bonchev–Trinajstić information content (AvgIpc) is 2.74. The van der Waals surface area contributed by atoms with Gasteiger partial charge in [-0.2, -0.15) is 0 Å². The van der Waals surface area contributed by atoms with Gasteiger partial charge in [0.05, 0.1) is 18.1 Å². The van der Waals surface area contributed by atoms with Crippen LogP contribution in [0.1, 0.15) is 0 Å². The van der Waals surface area contributed by atoms with Gasteiger partial charge in [-0.25, -0.2) is 4.98 Å². The van der Waals surface area contributed by atoms with Crippen LogP contribution < -0.4 is 0 Å². The maximum Gasteiger partial charge on any atom is 0.155 e. The SMILES string of the molecule is c1cncc(-c2cnc3cnccn23)c1. The smallest absolute Gasteiger partial charge is 0.155 e. The molecule has 0 unspecified atom stereocenters. The highest BCUT2D eigenvalue weighted by molar-refractivity contribution is 5.61. The normalized spacial score (nSPS) is 10.7. The van der Waals surface area contributed by atoms with Crippen molar-refractivity contribution in [1.82, 2.24) is 19.4 Å². The fraction of sp³-hybridized carbons (Fsp3) is 0. The summed E-state index contributed by atoms with van der Waals surface area (Å²) in [5, 5.41) is 0. The molecule has 3 rings (SSSR count). The molecule has 0 aliphatic carbocycles. The lowest BCUT2D eigenvalue weighted by atomic mass is 10.2. The number of rotatable bonds is 1. The van der Waals surface area contributed by atoms with Crippen LogP contribution in [-0.2, 0) is 0 Å². The van der Waals surface area contributed by atoms with E-state index < -0.39 is 0 Å². The number of fused-ring (bicyclic) bond motifs is 1. The maximum atomic E-state index is 4.27. The summed E-state index contributed by atoms with van der Waals surface area (Å²) >= 11 is 0. The van der Waals surface area contributed by atoms with Crippen LogP contribution in [0, 0.1) is 0 Å². The van der Waals surface area contributed by atoms with E-state index in [9.17, 15) is 0 Å². The highest BCUT2D eigenvalue weighted by atomic mass is 15.0. The van der Waals surface area contributed by atoms with Crippen molar-refractivity contribution in [3.05, 3.63) is 49.3 Å². The Morgan fingerprint density at radius 1 is 1.00 bits per heavy atom. The first-order valence-electron chi connectivity index (χ1n) is 4.62. The molecule has 4 nitrogen and oxygen atoms in total. The van der Waals surface area contributed by atoms with Gasteiger partial charge in [0.25, 0.3) is 0 Å². The van der Waals surface area contributed by atoms with Gasteiger partial charge in [-0.15, -0.1) is 0 Å². The summed E-state index contributed by atoms with van der Waals surface area (Å²) in [6, 6.07) is 3.92. The Bertz CT molecular complexity index is 586. The number of aromatic nitrogens is 4. The van der Waals surface area contributed by atoms with E-state index in [2.05, 4.69) is 15.0 Å². The van der Waals surface area contributed by atoms with Crippen molar-refractivity contribution in [3.8, 4) is 11.3 Å². The molecule has 4 heteroatoms. The molecule has 3 aromatic rings. The molecule has 0 atom stereocenters. The highest BCUT2D eigenvalue weighted by Gasteiger charge is 2.04. The summed E-state index contributed by atoms with van der Waals surface area (Å²) in [6.07, 6.45) is 10.8. The Kier molecular flexibility index (Phi) is 1.71. The standard InChI is InChI=1S/C11H8N4/c1-2-9(6-12-3-1)10-7-14-11-8-13-4-5-15(10)11/h1-8H. The monoisotopic (exact) mass is 196 g/mol. The second kappa shape index (κ2) is 3.16. The Morgan fingerprint density at radius 3 is 2.80 bits per heavy atom. The zero-order chi connectivity index (χ0) is 10.1. The van der Waals surface area contributed by atoms with Crippen LogP contribution in [0.15, 0.2) is 49.3 Å². The zero-order valence-corrected chi connectivity index (χ0v) is 7.91. The molecule has 72 valence electrons. The molecule has 0 fully saturated rings. The van der Waals surface area contributed by atoms with E-state index in [1.165, 1.54) is 0 Å². The van der Waals surface area contributed by atoms with E-state index in [0.29, 0.717) is 0 Å². The van der Waals surface area contributed by atoms with Gasteiger partial charge in [0, 0.05) is 30.4 Å². The van der Waals surface area contributed by atoms with Gasteiger partial charge in [0.1, 0.15) is 0 Å². The molecule has 0 aromatic carbocycles. The van der Waals surface area contributed by atoms with Crippen molar-refractivity contribution in [2.24, 2.45) is 0 Å². The van der Waals surface area contributed by atoms with Crippen molar-refractivity contribution in [1.29, 1.82) is 0 Å². The molecule has 0 bridgehead atoms. The van der Waals surface area contributed by atoms with Gasteiger partial charge in [-0.3, -0.25) is 14.4 Å². The van der Waals surface area contributed by atoms with Crippen LogP contribution in [-0.4, -0.2) is 19.4 Å². The minimum Gasteiger partial charge on any atom is -0.297 e. The molecule has 0 saturated heterocycles. The predicted octanol–water partition coefficient (Wildman–Crippen LogP) is 1.79. The second-order valence-electron chi connectivity index (χ2n) is 3.19. The molecular weight excluding hydrogens is 188 g/mol. The van der Waals surface area contributed by atoms with E-state index in [0.717, 1.165) is 16.9 Å². The molecule has 0 amide bonds. The lowest BCUT2D eigenvalue weighted by Crippen LogP contribution is -1.88. The summed E-state index contributed by atoms with van der Waals surface area (Å²) in [6.45, 7) is 0. The summed E-state index contributed by atoms with van der Waals surface area (Å²) < 4.78 is 1.99. The number of pyridine rings is 1. The first-order chi connectivity index (χ1) is 7.45. The second-order valence-corrected chi connectivity index (χ2v) is 3.19. The summed E-state index contributed by atoms with van der Waals surface area (Å²) in [7, 11) is 0. The Morgan fingerprint density at radius 2 is 1.93 bits per heavy atom. The van der Waals surface area contributed by atoms with Crippen molar-refractivity contribution >= 4 is 5.65 Å². The van der Waals surface area contributed by atoms with E-state index in [1.807, 2.05) is 35.1 Å². The van der Waals surface area contributed by atoms with E-state index >= 15 is 0 Å². The summed E-state index contributed by atoms with van der Waals surface area (Å²) in [5.41, 5.74) is 2.92. The summed E-state index contributed by atoms with van der Waals surface area (Å²) in [5.74, 6) is 0. The molecule has 0 saturated carbocycles. The van der Waals surface area contributed by atoms with E-state index in [1.54, 1.807) is 18.6 Å². The van der Waals surface area contributed by atoms with Crippen molar-refractivity contribution in [2.75, 3.05) is 0 Å². The van der Waals surface area contributed by atoms with Crippen LogP contribution in [0.5, 0.6) is 0 Å². The minimum absolute atomic E-state index is 0.844. The number of nitrogens with zero attached hydrogens (tertiary/aromatic N) is 4. The van der Waals surface area contributed by atoms with Gasteiger partial charge in [-0.1, -0.05) is 0 Å². The van der Waals surface area contributed by atoms with Gasteiger partial charge < -0.3 is 0 Å². The molecule has 0 aliphatic rings. The van der Waals surface area contributed by atoms with Gasteiger partial charge in [0.15, 0.2) is 5.65 Å². The molecular formula is C11H8N4. The van der Waals surface area contributed by atoms with Crippen molar-refractivity contribution in [2.45, 2.75) is 0 Å². The van der Waals surface area contributed by atoms with Crippen LogP contribution >= 0.6 is 0 Å². The fourth-order valence-corrected chi connectivity index (χ4v) is 1.57. The fourth-order valence-electron chi connectivity index (χ4n) is 1.57. The van der Waals surface area contributed by atoms with E-state index in [4.69, 9.17) is 0 Å². The third kappa shape index (κ3) is 1.27. The van der Waals surface area contributed by atoms with Crippen LogP contribution in [0.4, 0.5) is 0 Å². The lowest BCUT2D eigenvalue weighted by molar-refractivity contribution is 1.13. The Balaban J connectivity index is 2.28. The maximum absolute atomic E-state index is 4.27. The zero-order valence-electron chi connectivity index (χ0n) is 7.91.